The van der Waals surface area contributed by atoms with E-state index in [1.165, 1.54) is 13.8 Å². The van der Waals surface area contributed by atoms with Crippen LogP contribution in [0.3, 0.4) is 0 Å². The van der Waals surface area contributed by atoms with Gasteiger partial charge in [0.05, 0.1) is 0 Å². The summed E-state index contributed by atoms with van der Waals surface area (Å²) >= 11 is 0. The summed E-state index contributed by atoms with van der Waals surface area (Å²) in [5.41, 5.74) is 1.31. The molecule has 3 amide bonds. The highest BCUT2D eigenvalue weighted by Crippen LogP contribution is 2.21. The third-order valence-electron chi connectivity index (χ3n) is 4.54. The Labute approximate surface area is 149 Å². The van der Waals surface area contributed by atoms with Crippen molar-refractivity contribution in [2.75, 3.05) is 29.9 Å². The van der Waals surface area contributed by atoms with Crippen molar-refractivity contribution in [1.29, 1.82) is 0 Å². The molecule has 2 rings (SSSR count). The van der Waals surface area contributed by atoms with Gasteiger partial charge in [-0.15, -0.1) is 0 Å². The number of hydrogen-bond acceptors (Lipinski definition) is 3. The third-order valence-corrected chi connectivity index (χ3v) is 4.54. The van der Waals surface area contributed by atoms with Crippen molar-refractivity contribution in [2.45, 2.75) is 40.0 Å². The molecule has 1 aliphatic heterocycles. The Morgan fingerprint density at radius 2 is 1.88 bits per heavy atom. The van der Waals surface area contributed by atoms with Crippen LogP contribution in [0.5, 0.6) is 0 Å². The van der Waals surface area contributed by atoms with E-state index in [0.29, 0.717) is 30.3 Å². The predicted molar refractivity (Wildman–Crippen MR) is 98.4 cm³/mol. The summed E-state index contributed by atoms with van der Waals surface area (Å²) in [5.74, 6) is 0.478. The molecule has 0 radical (unpaired) electrons. The molecule has 1 N–H and O–H groups in total. The average Bonchev–Trinajstić information content (AvgIpc) is 2.55. The van der Waals surface area contributed by atoms with E-state index in [9.17, 15) is 14.4 Å². The number of hydrogen-bond donors (Lipinski definition) is 1. The molecule has 1 heterocycles. The van der Waals surface area contributed by atoms with Crippen molar-refractivity contribution < 1.29 is 14.4 Å². The largest absolute Gasteiger partial charge is 0.343 e. The van der Waals surface area contributed by atoms with Gasteiger partial charge in [-0.05, 0) is 37.0 Å². The molecule has 0 bridgehead atoms. The maximum atomic E-state index is 12.4. The van der Waals surface area contributed by atoms with Crippen molar-refractivity contribution >= 4 is 29.1 Å². The number of likely N-dealkylation sites (tertiary alicyclic amines) is 1. The van der Waals surface area contributed by atoms with E-state index in [2.05, 4.69) is 12.2 Å². The second-order valence-corrected chi connectivity index (χ2v) is 6.72. The molecule has 6 nitrogen and oxygen atoms in total. The van der Waals surface area contributed by atoms with Crippen LogP contribution in [0, 0.1) is 5.92 Å². The first kappa shape index (κ1) is 19.0. The fourth-order valence-electron chi connectivity index (χ4n) is 3.05. The van der Waals surface area contributed by atoms with Crippen LogP contribution in [0.15, 0.2) is 24.3 Å². The quantitative estimate of drug-likeness (QED) is 0.892. The highest BCUT2D eigenvalue weighted by atomic mass is 16.2. The van der Waals surface area contributed by atoms with Crippen LogP contribution in [0.1, 0.15) is 40.0 Å². The van der Waals surface area contributed by atoms with Gasteiger partial charge in [-0.1, -0.05) is 13.0 Å². The predicted octanol–water partition coefficient (Wildman–Crippen LogP) is 2.65. The highest BCUT2D eigenvalue weighted by Gasteiger charge is 2.21. The average molecular weight is 345 g/mol. The van der Waals surface area contributed by atoms with Gasteiger partial charge >= 0.3 is 0 Å². The molecule has 25 heavy (non-hydrogen) atoms. The molecule has 1 saturated heterocycles. The standard InChI is InChI=1S/C19H27N3O3/c1-14-7-10-21(11-8-14)19(25)9-12-22(16(3)24)18-6-4-5-17(13-18)20-15(2)23/h4-6,13-14H,7-12H2,1-3H3,(H,20,23). The molecule has 1 fully saturated rings. The Morgan fingerprint density at radius 1 is 1.20 bits per heavy atom. The van der Waals surface area contributed by atoms with Crippen LogP contribution in [-0.4, -0.2) is 42.3 Å². The monoisotopic (exact) mass is 345 g/mol. The molecule has 1 aromatic carbocycles. The lowest BCUT2D eigenvalue weighted by Gasteiger charge is -2.31. The molecule has 136 valence electrons. The van der Waals surface area contributed by atoms with E-state index < -0.39 is 0 Å². The Hall–Kier alpha value is -2.37. The van der Waals surface area contributed by atoms with Gasteiger partial charge < -0.3 is 15.1 Å². The number of anilines is 2. The van der Waals surface area contributed by atoms with E-state index >= 15 is 0 Å². The van der Waals surface area contributed by atoms with Gasteiger partial charge in [-0.25, -0.2) is 0 Å². The molecule has 0 spiro atoms. The van der Waals surface area contributed by atoms with Crippen molar-refractivity contribution in [3.05, 3.63) is 24.3 Å². The fraction of sp³-hybridized carbons (Fsp3) is 0.526. The molecule has 0 unspecified atom stereocenters. The van der Waals surface area contributed by atoms with Gasteiger partial charge in [0.1, 0.15) is 0 Å². The number of benzene rings is 1. The van der Waals surface area contributed by atoms with Crippen LogP contribution in [0.25, 0.3) is 0 Å². The zero-order valence-electron chi connectivity index (χ0n) is 15.2. The minimum absolute atomic E-state index is 0.0937. The summed E-state index contributed by atoms with van der Waals surface area (Å²) in [5, 5.41) is 2.71. The molecule has 1 aliphatic rings. The Kier molecular flexibility index (Phi) is 6.56. The molecule has 0 saturated carbocycles. The number of piperidine rings is 1. The van der Waals surface area contributed by atoms with Crippen LogP contribution in [-0.2, 0) is 14.4 Å². The second-order valence-electron chi connectivity index (χ2n) is 6.72. The van der Waals surface area contributed by atoms with Gasteiger partial charge in [0.2, 0.25) is 17.7 Å². The van der Waals surface area contributed by atoms with Gasteiger partial charge in [0.15, 0.2) is 0 Å². The van der Waals surface area contributed by atoms with Crippen LogP contribution < -0.4 is 10.2 Å². The second kappa shape index (κ2) is 8.65. The van der Waals surface area contributed by atoms with Crippen molar-refractivity contribution in [3.63, 3.8) is 0 Å². The van der Waals surface area contributed by atoms with Gasteiger partial charge in [-0.3, -0.25) is 14.4 Å². The smallest absolute Gasteiger partial charge is 0.224 e. The number of nitrogens with zero attached hydrogens (tertiary/aromatic N) is 2. The Morgan fingerprint density at radius 3 is 2.48 bits per heavy atom. The minimum atomic E-state index is -0.166. The van der Waals surface area contributed by atoms with Crippen LogP contribution >= 0.6 is 0 Å². The number of carbonyl (C=O) groups excluding carboxylic acids is 3. The number of carbonyl (C=O) groups is 3. The fourth-order valence-corrected chi connectivity index (χ4v) is 3.05. The van der Waals surface area contributed by atoms with E-state index in [-0.39, 0.29) is 17.7 Å². The molecular weight excluding hydrogens is 318 g/mol. The van der Waals surface area contributed by atoms with Gasteiger partial charge in [0.25, 0.3) is 0 Å². The summed E-state index contributed by atoms with van der Waals surface area (Å²) in [6.07, 6.45) is 2.39. The minimum Gasteiger partial charge on any atom is -0.343 e. The van der Waals surface area contributed by atoms with Crippen LogP contribution in [0.2, 0.25) is 0 Å². The summed E-state index contributed by atoms with van der Waals surface area (Å²) in [4.78, 5) is 39.1. The van der Waals surface area contributed by atoms with Crippen molar-refractivity contribution in [1.82, 2.24) is 4.90 Å². The lowest BCUT2D eigenvalue weighted by atomic mass is 9.99. The maximum absolute atomic E-state index is 12.4. The van der Waals surface area contributed by atoms with E-state index in [1.54, 1.807) is 29.2 Å². The number of amides is 3. The highest BCUT2D eigenvalue weighted by molar-refractivity contribution is 5.94. The Bertz CT molecular complexity index is 637. The van der Waals surface area contributed by atoms with Crippen LogP contribution in [0.4, 0.5) is 11.4 Å². The van der Waals surface area contributed by atoms with Crippen molar-refractivity contribution in [3.8, 4) is 0 Å². The lowest BCUT2D eigenvalue weighted by molar-refractivity contribution is -0.132. The maximum Gasteiger partial charge on any atom is 0.224 e. The summed E-state index contributed by atoms with van der Waals surface area (Å²) in [7, 11) is 0. The zero-order chi connectivity index (χ0) is 18.4. The Balaban J connectivity index is 2.00. The van der Waals surface area contributed by atoms with E-state index in [1.807, 2.05) is 4.90 Å². The zero-order valence-corrected chi connectivity index (χ0v) is 15.2. The first-order valence-electron chi connectivity index (χ1n) is 8.80. The van der Waals surface area contributed by atoms with Gasteiger partial charge in [0, 0.05) is 51.3 Å². The topological polar surface area (TPSA) is 69.7 Å². The van der Waals surface area contributed by atoms with Gasteiger partial charge in [-0.2, -0.15) is 0 Å². The van der Waals surface area contributed by atoms with E-state index in [4.69, 9.17) is 0 Å². The first-order valence-corrected chi connectivity index (χ1v) is 8.80. The summed E-state index contributed by atoms with van der Waals surface area (Å²) in [6, 6.07) is 7.10. The summed E-state index contributed by atoms with van der Waals surface area (Å²) in [6.45, 7) is 7.08. The lowest BCUT2D eigenvalue weighted by Crippen LogP contribution is -2.40. The first-order chi connectivity index (χ1) is 11.9. The number of rotatable bonds is 5. The third kappa shape index (κ3) is 5.59. The summed E-state index contributed by atoms with van der Waals surface area (Å²) < 4.78 is 0. The molecule has 1 aromatic rings. The molecule has 0 aliphatic carbocycles. The molecule has 0 aromatic heterocycles. The molecule has 0 atom stereocenters. The van der Waals surface area contributed by atoms with E-state index in [0.717, 1.165) is 25.9 Å². The SMILES string of the molecule is CC(=O)Nc1cccc(N(CCC(=O)N2CCC(C)CC2)C(C)=O)c1. The number of nitrogens with one attached hydrogen (secondary N) is 1. The molecule has 6 heteroatoms. The normalized spacial score (nSPS) is 14.9. The van der Waals surface area contributed by atoms with Crippen molar-refractivity contribution in [2.24, 2.45) is 5.92 Å². The molecular formula is C19H27N3O3.